The first kappa shape index (κ1) is 13.8. The fourth-order valence-corrected chi connectivity index (χ4v) is 2.44. The smallest absolute Gasteiger partial charge is 0.253 e. The van der Waals surface area contributed by atoms with Crippen molar-refractivity contribution in [1.29, 1.82) is 0 Å². The third-order valence-electron chi connectivity index (χ3n) is 3.67. The number of piperazine rings is 1. The molecule has 0 saturated carbocycles. The van der Waals surface area contributed by atoms with E-state index in [1.165, 1.54) is 0 Å². The van der Waals surface area contributed by atoms with Gasteiger partial charge in [0.2, 0.25) is 5.89 Å². The van der Waals surface area contributed by atoms with E-state index in [1.54, 1.807) is 6.26 Å². The Balaban J connectivity index is 1.83. The average Bonchev–Trinajstić information content (AvgIpc) is 3.04. The number of benzene rings is 1. The highest BCUT2D eigenvalue weighted by molar-refractivity contribution is 5.95. The van der Waals surface area contributed by atoms with Crippen molar-refractivity contribution in [2.45, 2.75) is 13.3 Å². The molecule has 1 N–H and O–H groups in total. The van der Waals surface area contributed by atoms with Gasteiger partial charge in [0.25, 0.3) is 5.91 Å². The van der Waals surface area contributed by atoms with E-state index in [9.17, 15) is 4.79 Å². The number of hydrogen-bond acceptors (Lipinski definition) is 4. The topological polar surface area (TPSA) is 58.4 Å². The van der Waals surface area contributed by atoms with Gasteiger partial charge < -0.3 is 14.6 Å². The van der Waals surface area contributed by atoms with E-state index in [1.807, 2.05) is 36.1 Å². The maximum absolute atomic E-state index is 12.5. The molecule has 1 aliphatic rings. The van der Waals surface area contributed by atoms with E-state index in [2.05, 4.69) is 10.3 Å². The molecule has 2 heterocycles. The van der Waals surface area contributed by atoms with Crippen molar-refractivity contribution in [3.05, 3.63) is 41.8 Å². The van der Waals surface area contributed by atoms with Crippen LogP contribution in [0.3, 0.4) is 0 Å². The highest BCUT2D eigenvalue weighted by atomic mass is 16.3. The molecule has 5 heteroatoms. The van der Waals surface area contributed by atoms with E-state index >= 15 is 0 Å². The Bertz CT molecular complexity index is 630. The van der Waals surface area contributed by atoms with Crippen LogP contribution in [0.4, 0.5) is 0 Å². The fourth-order valence-electron chi connectivity index (χ4n) is 2.44. The van der Waals surface area contributed by atoms with Gasteiger partial charge in [0.15, 0.2) is 0 Å². The summed E-state index contributed by atoms with van der Waals surface area (Å²) in [4.78, 5) is 18.8. The van der Waals surface area contributed by atoms with Crippen molar-refractivity contribution in [3.63, 3.8) is 0 Å². The lowest BCUT2D eigenvalue weighted by Crippen LogP contribution is -2.46. The zero-order chi connectivity index (χ0) is 14.7. The first-order valence-electron chi connectivity index (χ1n) is 7.33. The lowest BCUT2D eigenvalue weighted by atomic mass is 10.1. The number of rotatable bonds is 3. The third kappa shape index (κ3) is 2.97. The van der Waals surface area contributed by atoms with Gasteiger partial charge in [-0.3, -0.25) is 4.79 Å². The summed E-state index contributed by atoms with van der Waals surface area (Å²) in [5.74, 6) is 0.641. The number of aromatic nitrogens is 1. The Hall–Kier alpha value is -2.14. The summed E-state index contributed by atoms with van der Waals surface area (Å²) in [5.41, 5.74) is 2.45. The van der Waals surface area contributed by atoms with E-state index in [4.69, 9.17) is 4.42 Å². The first-order chi connectivity index (χ1) is 10.3. The fraction of sp³-hybridized carbons (Fsp3) is 0.375. The molecule has 5 nitrogen and oxygen atoms in total. The summed E-state index contributed by atoms with van der Waals surface area (Å²) in [6.45, 7) is 5.24. The second kappa shape index (κ2) is 6.10. The van der Waals surface area contributed by atoms with E-state index in [0.717, 1.165) is 43.9 Å². The molecule has 3 rings (SSSR count). The molecular weight excluding hydrogens is 266 g/mol. The van der Waals surface area contributed by atoms with Crippen LogP contribution in [-0.2, 0) is 6.42 Å². The normalized spacial score (nSPS) is 15.2. The second-order valence-corrected chi connectivity index (χ2v) is 5.12. The molecule has 0 unspecified atom stereocenters. The van der Waals surface area contributed by atoms with Crippen LogP contribution < -0.4 is 5.32 Å². The minimum Gasteiger partial charge on any atom is -0.444 e. The van der Waals surface area contributed by atoms with Gasteiger partial charge in [-0.2, -0.15) is 0 Å². The zero-order valence-electron chi connectivity index (χ0n) is 12.1. The summed E-state index contributed by atoms with van der Waals surface area (Å²) in [6.07, 6.45) is 2.50. The Morgan fingerprint density at radius 1 is 1.38 bits per heavy atom. The average molecular weight is 285 g/mol. The molecule has 0 bridgehead atoms. The van der Waals surface area contributed by atoms with Crippen molar-refractivity contribution < 1.29 is 9.21 Å². The van der Waals surface area contributed by atoms with E-state index in [0.29, 0.717) is 11.5 Å². The van der Waals surface area contributed by atoms with Crippen LogP contribution in [0.15, 0.2) is 34.9 Å². The summed E-state index contributed by atoms with van der Waals surface area (Å²) in [7, 11) is 0. The van der Waals surface area contributed by atoms with Crippen LogP contribution in [-0.4, -0.2) is 42.0 Å². The predicted octanol–water partition coefficient (Wildman–Crippen LogP) is 1.95. The van der Waals surface area contributed by atoms with Crippen molar-refractivity contribution in [1.82, 2.24) is 15.2 Å². The molecule has 0 atom stereocenters. The number of aryl methyl sites for hydroxylation is 1. The van der Waals surface area contributed by atoms with Crippen LogP contribution in [0.25, 0.3) is 11.5 Å². The highest BCUT2D eigenvalue weighted by Crippen LogP contribution is 2.21. The molecule has 0 aliphatic carbocycles. The number of carbonyl (C=O) groups excluding carboxylic acids is 1. The minimum absolute atomic E-state index is 0.0700. The zero-order valence-corrected chi connectivity index (χ0v) is 12.1. The quantitative estimate of drug-likeness (QED) is 0.936. The van der Waals surface area contributed by atoms with Crippen LogP contribution in [0.1, 0.15) is 23.0 Å². The monoisotopic (exact) mass is 285 g/mol. The predicted molar refractivity (Wildman–Crippen MR) is 80.1 cm³/mol. The second-order valence-electron chi connectivity index (χ2n) is 5.12. The van der Waals surface area contributed by atoms with Gasteiger partial charge in [0, 0.05) is 37.3 Å². The molecule has 1 saturated heterocycles. The lowest BCUT2D eigenvalue weighted by Gasteiger charge is -2.27. The number of carbonyl (C=O) groups is 1. The number of nitrogens with zero attached hydrogens (tertiary/aromatic N) is 2. The Kier molecular flexibility index (Phi) is 4.01. The summed E-state index contributed by atoms with van der Waals surface area (Å²) >= 11 is 0. The third-order valence-corrected chi connectivity index (χ3v) is 3.67. The van der Waals surface area contributed by atoms with Gasteiger partial charge in [-0.15, -0.1) is 0 Å². The van der Waals surface area contributed by atoms with Crippen LogP contribution in [0.2, 0.25) is 0 Å². The molecular formula is C16H19N3O2. The van der Waals surface area contributed by atoms with E-state index in [-0.39, 0.29) is 5.91 Å². The van der Waals surface area contributed by atoms with Gasteiger partial charge >= 0.3 is 0 Å². The molecule has 1 amide bonds. The number of hydrogen-bond donors (Lipinski definition) is 1. The standard InChI is InChI=1S/C16H19N3O2/c1-2-14-11-21-15(18-14)12-4-3-5-13(10-12)16(20)19-8-6-17-7-9-19/h3-5,10-11,17H,2,6-9H2,1H3. The maximum Gasteiger partial charge on any atom is 0.253 e. The maximum atomic E-state index is 12.5. The van der Waals surface area contributed by atoms with Gasteiger partial charge in [0.05, 0.1) is 5.69 Å². The largest absolute Gasteiger partial charge is 0.444 e. The van der Waals surface area contributed by atoms with Crippen molar-refractivity contribution in [2.24, 2.45) is 0 Å². The van der Waals surface area contributed by atoms with Gasteiger partial charge in [-0.1, -0.05) is 13.0 Å². The first-order valence-corrected chi connectivity index (χ1v) is 7.33. The molecule has 0 radical (unpaired) electrons. The van der Waals surface area contributed by atoms with E-state index < -0.39 is 0 Å². The molecule has 1 aromatic heterocycles. The SMILES string of the molecule is CCc1coc(-c2cccc(C(=O)N3CCNCC3)c2)n1. The van der Waals surface area contributed by atoms with Crippen molar-refractivity contribution in [2.75, 3.05) is 26.2 Å². The van der Waals surface area contributed by atoms with Gasteiger partial charge in [-0.25, -0.2) is 4.98 Å². The number of oxazole rings is 1. The van der Waals surface area contributed by atoms with Crippen LogP contribution >= 0.6 is 0 Å². The van der Waals surface area contributed by atoms with Crippen molar-refractivity contribution in [3.8, 4) is 11.5 Å². The summed E-state index contributed by atoms with van der Waals surface area (Å²) in [6, 6.07) is 7.49. The Labute approximate surface area is 124 Å². The van der Waals surface area contributed by atoms with Gasteiger partial charge in [-0.05, 0) is 24.6 Å². The molecule has 1 aliphatic heterocycles. The molecule has 0 spiro atoms. The van der Waals surface area contributed by atoms with Gasteiger partial charge in [0.1, 0.15) is 6.26 Å². The summed E-state index contributed by atoms with van der Waals surface area (Å²) < 4.78 is 5.48. The molecule has 1 fully saturated rings. The molecule has 21 heavy (non-hydrogen) atoms. The van der Waals surface area contributed by atoms with Crippen molar-refractivity contribution >= 4 is 5.91 Å². The molecule has 1 aromatic carbocycles. The number of nitrogens with one attached hydrogen (secondary N) is 1. The van der Waals surface area contributed by atoms with Crippen LogP contribution in [0, 0.1) is 0 Å². The summed E-state index contributed by atoms with van der Waals surface area (Å²) in [5, 5.41) is 3.25. The minimum atomic E-state index is 0.0700. The lowest BCUT2D eigenvalue weighted by molar-refractivity contribution is 0.0736. The number of amides is 1. The molecule has 2 aromatic rings. The molecule has 110 valence electrons. The van der Waals surface area contributed by atoms with Crippen LogP contribution in [0.5, 0.6) is 0 Å². The Morgan fingerprint density at radius 2 is 2.19 bits per heavy atom. The Morgan fingerprint density at radius 3 is 2.90 bits per heavy atom. The highest BCUT2D eigenvalue weighted by Gasteiger charge is 2.18.